The third-order valence-corrected chi connectivity index (χ3v) is 5.26. The summed E-state index contributed by atoms with van der Waals surface area (Å²) < 4.78 is 5.31. The van der Waals surface area contributed by atoms with Gasteiger partial charge in [0.05, 0.1) is 25.3 Å². The summed E-state index contributed by atoms with van der Waals surface area (Å²) in [6.45, 7) is 3.85. The first kappa shape index (κ1) is 21.6. The number of aliphatic hydroxyl groups excluding tert-OH is 1. The maximum atomic E-state index is 8.73. The molecule has 0 aliphatic carbocycles. The number of H-pyrrole nitrogens is 1. The molecule has 2 aromatic carbocycles. The number of likely N-dealkylation sites (N-methyl/N-ethyl adjacent to an activating group) is 2. The highest BCUT2D eigenvalue weighted by molar-refractivity contribution is 6.31. The van der Waals surface area contributed by atoms with Crippen LogP contribution in [0, 0.1) is 0 Å². The number of aromatic nitrogens is 2. The summed E-state index contributed by atoms with van der Waals surface area (Å²) in [5.41, 5.74) is 4.43. The summed E-state index contributed by atoms with van der Waals surface area (Å²) in [5.74, 6) is 0. The molecule has 7 heteroatoms. The van der Waals surface area contributed by atoms with Crippen molar-refractivity contribution in [2.75, 3.05) is 58.5 Å². The molecule has 6 nitrogen and oxygen atoms in total. The Labute approximate surface area is 177 Å². The number of halogens is 1. The Morgan fingerprint density at radius 2 is 1.83 bits per heavy atom. The van der Waals surface area contributed by atoms with E-state index in [1.807, 2.05) is 18.2 Å². The highest BCUT2D eigenvalue weighted by Gasteiger charge is 2.08. The minimum Gasteiger partial charge on any atom is -0.394 e. The minimum atomic E-state index is 0.0762. The molecule has 3 aromatic rings. The van der Waals surface area contributed by atoms with Gasteiger partial charge in [0, 0.05) is 54.9 Å². The van der Waals surface area contributed by atoms with E-state index in [1.54, 1.807) is 0 Å². The lowest BCUT2D eigenvalue weighted by Crippen LogP contribution is -2.32. The van der Waals surface area contributed by atoms with Gasteiger partial charge in [0.25, 0.3) is 0 Å². The van der Waals surface area contributed by atoms with Crippen molar-refractivity contribution >= 4 is 28.2 Å². The third-order valence-electron chi connectivity index (χ3n) is 5.02. The molecular weight excluding hydrogens is 388 g/mol. The fraction of sp³-hybridized carbons (Fsp3) is 0.409. The van der Waals surface area contributed by atoms with Crippen LogP contribution in [0.1, 0.15) is 11.3 Å². The molecule has 0 unspecified atom stereocenters. The summed E-state index contributed by atoms with van der Waals surface area (Å²) in [6, 6.07) is 14.4. The largest absolute Gasteiger partial charge is 0.394 e. The lowest BCUT2D eigenvalue weighted by molar-refractivity contribution is 0.0789. The van der Waals surface area contributed by atoms with E-state index in [-0.39, 0.29) is 6.61 Å². The van der Waals surface area contributed by atoms with Crippen LogP contribution in [-0.4, -0.2) is 73.8 Å². The summed E-state index contributed by atoms with van der Waals surface area (Å²) in [4.78, 5) is 4.48. The van der Waals surface area contributed by atoms with Gasteiger partial charge in [-0.3, -0.25) is 5.10 Å². The zero-order chi connectivity index (χ0) is 20.6. The molecule has 0 aliphatic rings. The smallest absolute Gasteiger partial charge is 0.0924 e. The van der Waals surface area contributed by atoms with E-state index in [0.717, 1.165) is 47.7 Å². The Hall–Kier alpha value is -2.12. The van der Waals surface area contributed by atoms with Crippen LogP contribution in [0.4, 0.5) is 5.69 Å². The van der Waals surface area contributed by atoms with Gasteiger partial charge in [0.2, 0.25) is 0 Å². The molecule has 3 rings (SSSR count). The number of ether oxygens (including phenoxy) is 1. The number of hydrogen-bond acceptors (Lipinski definition) is 5. The van der Waals surface area contributed by atoms with E-state index in [9.17, 15) is 0 Å². The standard InChI is InChI=1S/C22H29ClN4O2/c1-26(11-13-29-14-12-28)9-10-27(2)19-6-3-17(4-7-19)15-22-20-16-18(23)5-8-21(20)24-25-22/h3-8,16,28H,9-15H2,1-2H3,(H,24,25). The maximum Gasteiger partial charge on any atom is 0.0924 e. The molecule has 0 spiro atoms. The van der Waals surface area contributed by atoms with Gasteiger partial charge in [-0.1, -0.05) is 23.7 Å². The van der Waals surface area contributed by atoms with E-state index < -0.39 is 0 Å². The highest BCUT2D eigenvalue weighted by Crippen LogP contribution is 2.23. The number of anilines is 1. The van der Waals surface area contributed by atoms with E-state index in [0.29, 0.717) is 13.2 Å². The van der Waals surface area contributed by atoms with E-state index in [2.05, 4.69) is 58.4 Å². The first-order chi connectivity index (χ1) is 14.1. The number of aromatic amines is 1. The first-order valence-electron chi connectivity index (χ1n) is 9.86. The van der Waals surface area contributed by atoms with Crippen molar-refractivity contribution in [3.05, 3.63) is 58.7 Å². The Morgan fingerprint density at radius 1 is 1.03 bits per heavy atom. The SMILES string of the molecule is CN(CCOCCO)CCN(C)c1ccc(Cc2[nH]nc3ccc(Cl)cc23)cc1. The van der Waals surface area contributed by atoms with Crippen LogP contribution < -0.4 is 4.90 Å². The van der Waals surface area contributed by atoms with E-state index >= 15 is 0 Å². The van der Waals surface area contributed by atoms with Crippen molar-refractivity contribution in [1.29, 1.82) is 0 Å². The lowest BCUT2D eigenvalue weighted by Gasteiger charge is -2.23. The molecule has 0 bridgehead atoms. The second kappa shape index (κ2) is 10.6. The number of fused-ring (bicyclic) bond motifs is 1. The van der Waals surface area contributed by atoms with Crippen LogP contribution >= 0.6 is 11.6 Å². The van der Waals surface area contributed by atoms with Gasteiger partial charge in [-0.25, -0.2) is 0 Å². The zero-order valence-corrected chi connectivity index (χ0v) is 17.8. The quantitative estimate of drug-likeness (QED) is 0.470. The van der Waals surface area contributed by atoms with Crippen molar-refractivity contribution in [2.45, 2.75) is 6.42 Å². The monoisotopic (exact) mass is 416 g/mol. The van der Waals surface area contributed by atoms with Crippen LogP contribution in [-0.2, 0) is 11.2 Å². The number of nitrogens with zero attached hydrogens (tertiary/aromatic N) is 3. The second-order valence-electron chi connectivity index (χ2n) is 7.27. The van der Waals surface area contributed by atoms with Gasteiger partial charge in [0.1, 0.15) is 0 Å². The maximum absolute atomic E-state index is 8.73. The average molecular weight is 417 g/mol. The van der Waals surface area contributed by atoms with Crippen LogP contribution in [0.25, 0.3) is 10.9 Å². The molecule has 2 N–H and O–H groups in total. The molecule has 1 heterocycles. The topological polar surface area (TPSA) is 64.6 Å². The van der Waals surface area contributed by atoms with Crippen LogP contribution in [0.2, 0.25) is 5.02 Å². The fourth-order valence-electron chi connectivity index (χ4n) is 3.19. The van der Waals surface area contributed by atoms with Gasteiger partial charge in [-0.05, 0) is 42.9 Å². The van der Waals surface area contributed by atoms with Crippen molar-refractivity contribution in [3.63, 3.8) is 0 Å². The van der Waals surface area contributed by atoms with Crippen LogP contribution in [0.15, 0.2) is 42.5 Å². The molecule has 0 saturated heterocycles. The predicted octanol–water partition coefficient (Wildman–Crippen LogP) is 3.18. The molecule has 0 aliphatic heterocycles. The molecule has 0 radical (unpaired) electrons. The lowest BCUT2D eigenvalue weighted by atomic mass is 10.1. The molecule has 1 aromatic heterocycles. The second-order valence-corrected chi connectivity index (χ2v) is 7.70. The van der Waals surface area contributed by atoms with Gasteiger partial charge in [0.15, 0.2) is 0 Å². The zero-order valence-electron chi connectivity index (χ0n) is 17.1. The number of aliphatic hydroxyl groups is 1. The Kier molecular flexibility index (Phi) is 7.89. The molecular formula is C22H29ClN4O2. The Bertz CT molecular complexity index is 897. The van der Waals surface area contributed by atoms with Crippen LogP contribution in [0.3, 0.4) is 0 Å². The summed E-state index contributed by atoms with van der Waals surface area (Å²) in [5, 5.41) is 18.0. The molecule has 29 heavy (non-hydrogen) atoms. The Balaban J connectivity index is 1.52. The Morgan fingerprint density at radius 3 is 2.59 bits per heavy atom. The number of nitrogens with one attached hydrogen (secondary N) is 1. The summed E-state index contributed by atoms with van der Waals surface area (Å²) in [7, 11) is 4.19. The van der Waals surface area contributed by atoms with Gasteiger partial charge < -0.3 is 19.6 Å². The van der Waals surface area contributed by atoms with E-state index in [1.165, 1.54) is 11.3 Å². The van der Waals surface area contributed by atoms with Crippen molar-refractivity contribution in [1.82, 2.24) is 15.1 Å². The molecule has 0 fully saturated rings. The first-order valence-corrected chi connectivity index (χ1v) is 10.2. The molecule has 0 atom stereocenters. The van der Waals surface area contributed by atoms with Crippen molar-refractivity contribution in [2.24, 2.45) is 0 Å². The van der Waals surface area contributed by atoms with Crippen molar-refractivity contribution in [3.8, 4) is 0 Å². The molecule has 0 saturated carbocycles. The third kappa shape index (κ3) is 6.18. The van der Waals surface area contributed by atoms with Gasteiger partial charge in [-0.2, -0.15) is 5.10 Å². The van der Waals surface area contributed by atoms with Gasteiger partial charge in [-0.15, -0.1) is 0 Å². The molecule has 0 amide bonds. The highest BCUT2D eigenvalue weighted by atomic mass is 35.5. The number of hydrogen-bond donors (Lipinski definition) is 2. The minimum absolute atomic E-state index is 0.0762. The predicted molar refractivity (Wildman–Crippen MR) is 119 cm³/mol. The van der Waals surface area contributed by atoms with Crippen LogP contribution in [0.5, 0.6) is 0 Å². The van der Waals surface area contributed by atoms with Crippen molar-refractivity contribution < 1.29 is 9.84 Å². The van der Waals surface area contributed by atoms with Gasteiger partial charge >= 0.3 is 0 Å². The number of benzene rings is 2. The molecule has 156 valence electrons. The normalized spacial score (nSPS) is 11.5. The summed E-state index contributed by atoms with van der Waals surface area (Å²) in [6.07, 6.45) is 0.789. The van der Waals surface area contributed by atoms with E-state index in [4.69, 9.17) is 21.4 Å². The average Bonchev–Trinajstić information content (AvgIpc) is 3.12. The fourth-order valence-corrected chi connectivity index (χ4v) is 3.36. The number of rotatable bonds is 11. The summed E-state index contributed by atoms with van der Waals surface area (Å²) >= 11 is 6.13.